The molecule has 0 bridgehead atoms. The molecule has 0 radical (unpaired) electrons. The second kappa shape index (κ2) is 5.69. The number of aliphatic hydroxyl groups excluding tert-OH is 1. The fraction of sp³-hybridized carbons (Fsp3) is 1.00. The number of aliphatic hydroxyl groups is 1. The van der Waals surface area contributed by atoms with Crippen LogP contribution in [0, 0.1) is 5.92 Å². The summed E-state index contributed by atoms with van der Waals surface area (Å²) in [6.45, 7) is 6.75. The van der Waals surface area contributed by atoms with Gasteiger partial charge in [-0.1, -0.05) is 13.8 Å². The number of nitrogens with zero attached hydrogens (tertiary/aromatic N) is 1. The number of piperidine rings is 1. The minimum atomic E-state index is 0.116. The third-order valence-electron chi connectivity index (χ3n) is 3.31. The highest BCUT2D eigenvalue weighted by Crippen LogP contribution is 2.19. The van der Waals surface area contributed by atoms with Gasteiger partial charge in [-0.15, -0.1) is 0 Å². The minimum Gasteiger partial charge on any atom is -0.395 e. The van der Waals surface area contributed by atoms with Gasteiger partial charge in [-0.25, -0.2) is 0 Å². The van der Waals surface area contributed by atoms with Crippen LogP contribution < -0.4 is 5.73 Å². The van der Waals surface area contributed by atoms with E-state index in [1.54, 1.807) is 0 Å². The maximum atomic E-state index is 9.34. The Balaban J connectivity index is 2.50. The molecule has 1 fully saturated rings. The van der Waals surface area contributed by atoms with Crippen LogP contribution in [-0.2, 0) is 0 Å². The van der Waals surface area contributed by atoms with Crippen molar-refractivity contribution in [3.05, 3.63) is 0 Å². The average molecular weight is 200 g/mol. The number of likely N-dealkylation sites (tertiary alicyclic amines) is 1. The van der Waals surface area contributed by atoms with Gasteiger partial charge in [0.15, 0.2) is 0 Å². The zero-order valence-electron chi connectivity index (χ0n) is 9.45. The van der Waals surface area contributed by atoms with Crippen molar-refractivity contribution in [2.45, 2.75) is 45.2 Å². The largest absolute Gasteiger partial charge is 0.395 e. The Morgan fingerprint density at radius 1 is 1.57 bits per heavy atom. The van der Waals surface area contributed by atoms with Crippen molar-refractivity contribution in [2.75, 3.05) is 19.7 Å². The van der Waals surface area contributed by atoms with Crippen LogP contribution in [0.15, 0.2) is 0 Å². The van der Waals surface area contributed by atoms with E-state index in [1.165, 1.54) is 12.8 Å². The van der Waals surface area contributed by atoms with Crippen molar-refractivity contribution in [2.24, 2.45) is 11.7 Å². The predicted molar refractivity (Wildman–Crippen MR) is 59.1 cm³/mol. The highest BCUT2D eigenvalue weighted by atomic mass is 16.3. The van der Waals surface area contributed by atoms with Crippen LogP contribution in [-0.4, -0.2) is 41.8 Å². The van der Waals surface area contributed by atoms with E-state index in [4.69, 9.17) is 5.73 Å². The monoisotopic (exact) mass is 200 g/mol. The Bertz CT molecular complexity index is 163. The van der Waals surface area contributed by atoms with Crippen molar-refractivity contribution < 1.29 is 5.11 Å². The van der Waals surface area contributed by atoms with Crippen LogP contribution in [0.2, 0.25) is 0 Å². The first-order chi connectivity index (χ1) is 6.69. The molecule has 1 saturated heterocycles. The highest BCUT2D eigenvalue weighted by Gasteiger charge is 2.26. The first-order valence-corrected chi connectivity index (χ1v) is 5.79. The summed E-state index contributed by atoms with van der Waals surface area (Å²) in [5.41, 5.74) is 6.00. The van der Waals surface area contributed by atoms with E-state index < -0.39 is 0 Å². The third kappa shape index (κ3) is 2.94. The third-order valence-corrected chi connectivity index (χ3v) is 3.31. The topological polar surface area (TPSA) is 49.5 Å². The Morgan fingerprint density at radius 3 is 2.79 bits per heavy atom. The van der Waals surface area contributed by atoms with Crippen molar-refractivity contribution in [1.82, 2.24) is 4.90 Å². The first-order valence-electron chi connectivity index (χ1n) is 5.79. The lowest BCUT2D eigenvalue weighted by molar-refractivity contribution is 0.0682. The lowest BCUT2D eigenvalue weighted by Gasteiger charge is -2.38. The lowest BCUT2D eigenvalue weighted by atomic mass is 9.96. The Morgan fingerprint density at radius 2 is 2.29 bits per heavy atom. The standard InChI is InChI=1S/C11H24N2O/c1-3-10(12)11(8-14)13-6-4-5-9(2)7-13/h9-11,14H,3-8,12H2,1-2H3. The van der Waals surface area contributed by atoms with Crippen LogP contribution >= 0.6 is 0 Å². The molecule has 0 aromatic rings. The van der Waals surface area contributed by atoms with E-state index in [9.17, 15) is 5.11 Å². The van der Waals surface area contributed by atoms with Gasteiger partial charge in [-0.2, -0.15) is 0 Å². The van der Waals surface area contributed by atoms with Crippen molar-refractivity contribution >= 4 is 0 Å². The smallest absolute Gasteiger partial charge is 0.0601 e. The van der Waals surface area contributed by atoms with E-state index in [-0.39, 0.29) is 18.7 Å². The zero-order valence-corrected chi connectivity index (χ0v) is 9.45. The van der Waals surface area contributed by atoms with E-state index in [0.29, 0.717) is 0 Å². The molecule has 0 spiro atoms. The molecular formula is C11H24N2O. The zero-order chi connectivity index (χ0) is 10.6. The van der Waals surface area contributed by atoms with Gasteiger partial charge in [-0.3, -0.25) is 4.90 Å². The molecule has 1 aliphatic heterocycles. The lowest BCUT2D eigenvalue weighted by Crippen LogP contribution is -2.52. The molecular weight excluding hydrogens is 176 g/mol. The van der Waals surface area contributed by atoms with Gasteiger partial charge in [-0.05, 0) is 31.7 Å². The molecule has 3 heteroatoms. The van der Waals surface area contributed by atoms with Crippen LogP contribution in [0.4, 0.5) is 0 Å². The molecule has 3 N–H and O–H groups in total. The molecule has 14 heavy (non-hydrogen) atoms. The fourth-order valence-corrected chi connectivity index (χ4v) is 2.32. The van der Waals surface area contributed by atoms with Gasteiger partial charge in [0.05, 0.1) is 6.61 Å². The maximum absolute atomic E-state index is 9.34. The summed E-state index contributed by atoms with van der Waals surface area (Å²) in [5.74, 6) is 0.752. The van der Waals surface area contributed by atoms with Gasteiger partial charge >= 0.3 is 0 Å². The maximum Gasteiger partial charge on any atom is 0.0601 e. The summed E-state index contributed by atoms with van der Waals surface area (Å²) in [4.78, 5) is 2.36. The van der Waals surface area contributed by atoms with Crippen LogP contribution in [0.5, 0.6) is 0 Å². The van der Waals surface area contributed by atoms with Gasteiger partial charge in [0.25, 0.3) is 0 Å². The van der Waals surface area contributed by atoms with E-state index in [2.05, 4.69) is 18.7 Å². The van der Waals surface area contributed by atoms with Crippen molar-refractivity contribution in [3.63, 3.8) is 0 Å². The van der Waals surface area contributed by atoms with E-state index in [0.717, 1.165) is 25.4 Å². The summed E-state index contributed by atoms with van der Waals surface area (Å²) in [6, 6.07) is 0.285. The predicted octanol–water partition coefficient (Wildman–Crippen LogP) is 0.816. The number of hydrogen-bond acceptors (Lipinski definition) is 3. The van der Waals surface area contributed by atoms with Gasteiger partial charge in [0.2, 0.25) is 0 Å². The molecule has 1 aliphatic rings. The molecule has 1 heterocycles. The number of nitrogens with two attached hydrogens (primary N) is 1. The van der Waals surface area contributed by atoms with Crippen LogP contribution in [0.25, 0.3) is 0 Å². The summed E-state index contributed by atoms with van der Waals surface area (Å²) < 4.78 is 0. The molecule has 1 rings (SSSR count). The SMILES string of the molecule is CCC(N)C(CO)N1CCCC(C)C1. The van der Waals surface area contributed by atoms with Crippen LogP contribution in [0.1, 0.15) is 33.1 Å². The molecule has 84 valence electrons. The normalized spacial score (nSPS) is 28.7. The molecule has 0 amide bonds. The van der Waals surface area contributed by atoms with Crippen LogP contribution in [0.3, 0.4) is 0 Å². The molecule has 3 atom stereocenters. The molecule has 3 nitrogen and oxygen atoms in total. The number of rotatable bonds is 4. The van der Waals surface area contributed by atoms with Gasteiger partial charge in [0.1, 0.15) is 0 Å². The Kier molecular flexibility index (Phi) is 4.85. The quantitative estimate of drug-likeness (QED) is 0.706. The van der Waals surface area contributed by atoms with Gasteiger partial charge in [0, 0.05) is 18.6 Å². The van der Waals surface area contributed by atoms with E-state index in [1.807, 2.05) is 0 Å². The Hall–Kier alpha value is -0.120. The molecule has 3 unspecified atom stereocenters. The minimum absolute atomic E-state index is 0.116. The summed E-state index contributed by atoms with van der Waals surface area (Å²) >= 11 is 0. The van der Waals surface area contributed by atoms with E-state index >= 15 is 0 Å². The average Bonchev–Trinajstić information content (AvgIpc) is 2.19. The van der Waals surface area contributed by atoms with Crippen molar-refractivity contribution in [3.8, 4) is 0 Å². The fourth-order valence-electron chi connectivity index (χ4n) is 2.32. The summed E-state index contributed by atoms with van der Waals surface area (Å²) in [6.07, 6.45) is 3.50. The highest BCUT2D eigenvalue weighted by molar-refractivity contribution is 4.84. The molecule has 0 aromatic carbocycles. The first kappa shape index (κ1) is 12.0. The number of hydrogen-bond donors (Lipinski definition) is 2. The molecule has 0 aliphatic carbocycles. The Labute approximate surface area is 87.3 Å². The summed E-state index contributed by atoms with van der Waals surface area (Å²) in [7, 11) is 0. The molecule has 0 aromatic heterocycles. The summed E-state index contributed by atoms with van der Waals surface area (Å²) in [5, 5.41) is 9.34. The van der Waals surface area contributed by atoms with Gasteiger partial charge < -0.3 is 10.8 Å². The molecule has 0 saturated carbocycles. The second-order valence-corrected chi connectivity index (χ2v) is 4.56. The van der Waals surface area contributed by atoms with Crippen molar-refractivity contribution in [1.29, 1.82) is 0 Å². The second-order valence-electron chi connectivity index (χ2n) is 4.56.